The molecule has 0 fully saturated rings. The van der Waals surface area contributed by atoms with Gasteiger partial charge in [-0.3, -0.25) is 9.59 Å². The van der Waals surface area contributed by atoms with Gasteiger partial charge in [-0.1, -0.05) is 35.9 Å². The van der Waals surface area contributed by atoms with Crippen LogP contribution in [0.2, 0.25) is 5.02 Å². The number of para-hydroxylation sites is 2. The van der Waals surface area contributed by atoms with Crippen molar-refractivity contribution in [2.24, 2.45) is 5.10 Å². The number of ether oxygens (including phenoxy) is 2. The number of rotatable bonds is 5. The summed E-state index contributed by atoms with van der Waals surface area (Å²) < 4.78 is 11.0. The zero-order chi connectivity index (χ0) is 18.4. The molecule has 0 spiro atoms. The van der Waals surface area contributed by atoms with Gasteiger partial charge < -0.3 is 14.8 Å². The molecule has 0 radical (unpaired) electrons. The largest absolute Gasteiger partial charge is 0.485 e. The standard InChI is InChI=1S/C18H16ClN3O4/c19-13-7-5-12(6-8-13)9-21-22-17(23)10-20-18(24)16-11-25-14-3-1-2-4-15(14)26-16/h1-9,16H,10-11H2,(H,20,24)(H,22,23). The van der Waals surface area contributed by atoms with Crippen molar-refractivity contribution < 1.29 is 19.1 Å². The minimum absolute atomic E-state index is 0.0825. The van der Waals surface area contributed by atoms with Gasteiger partial charge in [-0.2, -0.15) is 5.10 Å². The van der Waals surface area contributed by atoms with E-state index in [1.807, 2.05) is 6.07 Å². The molecule has 1 aliphatic rings. The van der Waals surface area contributed by atoms with Gasteiger partial charge in [-0.05, 0) is 29.8 Å². The van der Waals surface area contributed by atoms with E-state index in [2.05, 4.69) is 15.8 Å². The summed E-state index contributed by atoms with van der Waals surface area (Å²) in [5.74, 6) is 0.193. The number of fused-ring (bicyclic) bond motifs is 1. The predicted molar refractivity (Wildman–Crippen MR) is 96.6 cm³/mol. The molecule has 134 valence electrons. The molecule has 2 aromatic rings. The lowest BCUT2D eigenvalue weighted by Gasteiger charge is -2.25. The second-order valence-electron chi connectivity index (χ2n) is 5.43. The van der Waals surface area contributed by atoms with E-state index in [0.717, 1.165) is 5.56 Å². The molecule has 2 amide bonds. The molecule has 7 nitrogen and oxygen atoms in total. The third kappa shape index (κ3) is 4.73. The Balaban J connectivity index is 1.43. The Morgan fingerprint density at radius 1 is 1.15 bits per heavy atom. The highest BCUT2D eigenvalue weighted by molar-refractivity contribution is 6.30. The van der Waals surface area contributed by atoms with Crippen molar-refractivity contribution in [3.05, 3.63) is 59.1 Å². The fourth-order valence-electron chi connectivity index (χ4n) is 2.20. The van der Waals surface area contributed by atoms with Crippen molar-refractivity contribution in [2.45, 2.75) is 6.10 Å². The van der Waals surface area contributed by atoms with Gasteiger partial charge in [0.05, 0.1) is 12.8 Å². The molecule has 1 aliphatic heterocycles. The van der Waals surface area contributed by atoms with Crippen molar-refractivity contribution in [3.8, 4) is 11.5 Å². The summed E-state index contributed by atoms with van der Waals surface area (Å²) in [4.78, 5) is 23.8. The summed E-state index contributed by atoms with van der Waals surface area (Å²) in [6, 6.07) is 14.0. The number of hydrogen-bond donors (Lipinski definition) is 2. The summed E-state index contributed by atoms with van der Waals surface area (Å²) in [7, 11) is 0. The summed E-state index contributed by atoms with van der Waals surface area (Å²) in [6.45, 7) is -0.141. The first kappa shape index (κ1) is 17.8. The van der Waals surface area contributed by atoms with Crippen LogP contribution in [-0.4, -0.2) is 37.3 Å². The number of carbonyl (C=O) groups is 2. The molecule has 1 atom stereocenters. The van der Waals surface area contributed by atoms with Crippen molar-refractivity contribution in [1.82, 2.24) is 10.7 Å². The fraction of sp³-hybridized carbons (Fsp3) is 0.167. The lowest BCUT2D eigenvalue weighted by atomic mass is 10.2. The first-order chi connectivity index (χ1) is 12.6. The number of hydrazone groups is 1. The second kappa shape index (κ2) is 8.35. The second-order valence-corrected chi connectivity index (χ2v) is 5.86. The third-order valence-corrected chi connectivity index (χ3v) is 3.75. The number of hydrogen-bond acceptors (Lipinski definition) is 5. The summed E-state index contributed by atoms with van der Waals surface area (Å²) in [5.41, 5.74) is 3.11. The molecule has 0 bridgehead atoms. The Morgan fingerprint density at radius 3 is 2.65 bits per heavy atom. The minimum atomic E-state index is -0.810. The van der Waals surface area contributed by atoms with Gasteiger partial charge in [0.25, 0.3) is 11.8 Å². The molecule has 3 rings (SSSR count). The first-order valence-corrected chi connectivity index (χ1v) is 8.23. The molecule has 1 unspecified atom stereocenters. The maximum Gasteiger partial charge on any atom is 0.265 e. The van der Waals surface area contributed by atoms with Crippen molar-refractivity contribution in [3.63, 3.8) is 0 Å². The molecular weight excluding hydrogens is 358 g/mol. The van der Waals surface area contributed by atoms with E-state index in [4.69, 9.17) is 21.1 Å². The number of benzene rings is 2. The topological polar surface area (TPSA) is 89.0 Å². The average Bonchev–Trinajstić information content (AvgIpc) is 2.67. The average molecular weight is 374 g/mol. The monoisotopic (exact) mass is 373 g/mol. The number of carbonyl (C=O) groups excluding carboxylic acids is 2. The Bertz CT molecular complexity index is 823. The Hall–Kier alpha value is -3.06. The van der Waals surface area contributed by atoms with Gasteiger partial charge in [0.1, 0.15) is 6.61 Å². The van der Waals surface area contributed by atoms with Gasteiger partial charge in [0.15, 0.2) is 11.5 Å². The predicted octanol–water partition coefficient (Wildman–Crippen LogP) is 1.75. The number of nitrogens with zero attached hydrogens (tertiary/aromatic N) is 1. The van der Waals surface area contributed by atoms with Crippen LogP contribution in [0.25, 0.3) is 0 Å². The van der Waals surface area contributed by atoms with Gasteiger partial charge in [0, 0.05) is 5.02 Å². The van der Waals surface area contributed by atoms with Crippen LogP contribution >= 0.6 is 11.6 Å². The third-order valence-electron chi connectivity index (χ3n) is 3.50. The highest BCUT2D eigenvalue weighted by Crippen LogP contribution is 2.30. The quantitative estimate of drug-likeness (QED) is 0.617. The van der Waals surface area contributed by atoms with E-state index >= 15 is 0 Å². The number of halogens is 1. The molecular formula is C18H16ClN3O4. The van der Waals surface area contributed by atoms with Crippen LogP contribution in [0.5, 0.6) is 11.5 Å². The Morgan fingerprint density at radius 2 is 1.88 bits per heavy atom. The maximum absolute atomic E-state index is 12.1. The number of nitrogens with one attached hydrogen (secondary N) is 2. The Labute approximate surface area is 154 Å². The molecule has 1 heterocycles. The summed E-state index contributed by atoms with van der Waals surface area (Å²) >= 11 is 5.79. The zero-order valence-electron chi connectivity index (χ0n) is 13.6. The van der Waals surface area contributed by atoms with Gasteiger partial charge >= 0.3 is 0 Å². The smallest absolute Gasteiger partial charge is 0.265 e. The summed E-state index contributed by atoms with van der Waals surface area (Å²) in [5, 5.41) is 6.92. The normalized spacial score (nSPS) is 15.5. The van der Waals surface area contributed by atoms with Crippen molar-refractivity contribution >= 4 is 29.6 Å². The SMILES string of the molecule is O=C(CNC(=O)C1COc2ccccc2O1)NN=Cc1ccc(Cl)cc1. The van der Waals surface area contributed by atoms with E-state index < -0.39 is 17.9 Å². The van der Waals surface area contributed by atoms with Gasteiger partial charge in [0.2, 0.25) is 6.10 Å². The maximum atomic E-state index is 12.1. The molecule has 2 N–H and O–H groups in total. The lowest BCUT2D eigenvalue weighted by Crippen LogP contribution is -2.46. The fourth-order valence-corrected chi connectivity index (χ4v) is 2.32. The molecule has 2 aromatic carbocycles. The lowest BCUT2D eigenvalue weighted by molar-refractivity contribution is -0.132. The van der Waals surface area contributed by atoms with E-state index in [1.54, 1.807) is 42.5 Å². The van der Waals surface area contributed by atoms with Crippen LogP contribution in [-0.2, 0) is 9.59 Å². The minimum Gasteiger partial charge on any atom is -0.485 e. The van der Waals surface area contributed by atoms with Crippen molar-refractivity contribution in [2.75, 3.05) is 13.2 Å². The van der Waals surface area contributed by atoms with Gasteiger partial charge in [-0.15, -0.1) is 0 Å². The molecule has 26 heavy (non-hydrogen) atoms. The van der Waals surface area contributed by atoms with Crippen molar-refractivity contribution in [1.29, 1.82) is 0 Å². The molecule has 0 saturated heterocycles. The molecule has 0 saturated carbocycles. The molecule has 0 aliphatic carbocycles. The molecule has 8 heteroatoms. The number of amides is 2. The van der Waals surface area contributed by atoms with Gasteiger partial charge in [-0.25, -0.2) is 5.43 Å². The highest BCUT2D eigenvalue weighted by Gasteiger charge is 2.27. The first-order valence-electron chi connectivity index (χ1n) is 7.85. The van der Waals surface area contributed by atoms with Crippen LogP contribution in [0, 0.1) is 0 Å². The van der Waals surface area contributed by atoms with Crippen LogP contribution in [0.3, 0.4) is 0 Å². The summed E-state index contributed by atoms with van der Waals surface area (Å²) in [6.07, 6.45) is 0.667. The zero-order valence-corrected chi connectivity index (χ0v) is 14.4. The van der Waals surface area contributed by atoms with Crippen LogP contribution in [0.15, 0.2) is 53.6 Å². The highest BCUT2D eigenvalue weighted by atomic mass is 35.5. The van der Waals surface area contributed by atoms with E-state index in [9.17, 15) is 9.59 Å². The Kier molecular flexibility index (Phi) is 5.70. The van der Waals surface area contributed by atoms with E-state index in [0.29, 0.717) is 16.5 Å². The van der Waals surface area contributed by atoms with Crippen LogP contribution in [0.1, 0.15) is 5.56 Å². The molecule has 0 aromatic heterocycles. The van der Waals surface area contributed by atoms with Crippen LogP contribution < -0.4 is 20.2 Å². The van der Waals surface area contributed by atoms with E-state index in [-0.39, 0.29) is 13.2 Å². The van der Waals surface area contributed by atoms with E-state index in [1.165, 1.54) is 6.21 Å². The van der Waals surface area contributed by atoms with Crippen LogP contribution in [0.4, 0.5) is 0 Å².